The molecule has 0 aromatic heterocycles. The Kier molecular flexibility index (Phi) is 7.82. The van der Waals surface area contributed by atoms with Gasteiger partial charge in [-0.2, -0.15) is 11.8 Å². The topological polar surface area (TPSA) is 0 Å². The Labute approximate surface area is 245 Å². The molecule has 1 unspecified atom stereocenters. The van der Waals surface area contributed by atoms with E-state index < -0.39 is 0 Å². The van der Waals surface area contributed by atoms with Gasteiger partial charge in [0.2, 0.25) is 6.71 Å². The lowest BCUT2D eigenvalue weighted by atomic mass is 9.35. The molecule has 40 heavy (non-hydrogen) atoms. The molecule has 0 bridgehead atoms. The van der Waals surface area contributed by atoms with Crippen LogP contribution in [-0.2, 0) is 0 Å². The Morgan fingerprint density at radius 3 is 1.85 bits per heavy atom. The highest BCUT2D eigenvalue weighted by Crippen LogP contribution is 2.37. The maximum Gasteiger partial charge on any atom is 0.242 e. The monoisotopic (exact) mass is 540 g/mol. The zero-order valence-corrected chi connectivity index (χ0v) is 25.6. The van der Waals surface area contributed by atoms with Gasteiger partial charge in [-0.3, -0.25) is 0 Å². The van der Waals surface area contributed by atoms with Crippen LogP contribution in [0, 0.1) is 20.8 Å². The molecular weight excluding hydrogens is 499 g/mol. The van der Waals surface area contributed by atoms with Crippen molar-refractivity contribution in [3.63, 3.8) is 0 Å². The Morgan fingerprint density at radius 1 is 0.650 bits per heavy atom. The van der Waals surface area contributed by atoms with Gasteiger partial charge in [0.1, 0.15) is 0 Å². The lowest BCUT2D eigenvalue weighted by molar-refractivity contribution is 0.444. The molecule has 0 spiro atoms. The molecule has 1 atom stereocenters. The van der Waals surface area contributed by atoms with E-state index in [1.165, 1.54) is 97.9 Å². The fourth-order valence-electron chi connectivity index (χ4n) is 6.94. The second-order valence-electron chi connectivity index (χ2n) is 12.1. The molecule has 1 aliphatic rings. The lowest BCUT2D eigenvalue weighted by Crippen LogP contribution is -2.52. The Balaban J connectivity index is 1.69. The number of aryl methyl sites for hydroxylation is 3. The second-order valence-corrected chi connectivity index (χ2v) is 13.3. The first-order valence-corrected chi connectivity index (χ1v) is 16.4. The van der Waals surface area contributed by atoms with Gasteiger partial charge in [-0.05, 0) is 90.9 Å². The van der Waals surface area contributed by atoms with Gasteiger partial charge >= 0.3 is 0 Å². The van der Waals surface area contributed by atoms with E-state index in [9.17, 15) is 0 Å². The van der Waals surface area contributed by atoms with E-state index in [1.54, 1.807) is 0 Å². The predicted octanol–water partition coefficient (Wildman–Crippen LogP) is 8.91. The van der Waals surface area contributed by atoms with Crippen molar-refractivity contribution in [1.29, 1.82) is 0 Å². The van der Waals surface area contributed by atoms with Crippen LogP contribution in [0.5, 0.6) is 0 Å². The number of hydrogen-bond acceptors (Lipinski definition) is 1. The van der Waals surface area contributed by atoms with Gasteiger partial charge in [0.25, 0.3) is 0 Å². The van der Waals surface area contributed by atoms with Gasteiger partial charge in [0.15, 0.2) is 0 Å². The number of fused-ring (bicyclic) bond motifs is 2. The maximum absolute atomic E-state index is 2.56. The van der Waals surface area contributed by atoms with Crippen LogP contribution in [0.25, 0.3) is 21.5 Å². The van der Waals surface area contributed by atoms with Gasteiger partial charge in [-0.25, -0.2) is 0 Å². The molecule has 0 N–H and O–H groups in total. The van der Waals surface area contributed by atoms with Gasteiger partial charge < -0.3 is 0 Å². The van der Waals surface area contributed by atoms with Crippen molar-refractivity contribution in [1.82, 2.24) is 0 Å². The second kappa shape index (κ2) is 11.5. The lowest BCUT2D eigenvalue weighted by Gasteiger charge is -2.25. The van der Waals surface area contributed by atoms with Crippen LogP contribution >= 0.6 is 11.8 Å². The minimum atomic E-state index is 0.159. The van der Waals surface area contributed by atoms with E-state index in [0.717, 1.165) is 0 Å². The molecule has 1 saturated carbocycles. The van der Waals surface area contributed by atoms with E-state index in [-0.39, 0.29) is 6.71 Å². The molecule has 1 aliphatic carbocycles. The molecule has 0 nitrogen and oxygen atoms in total. The molecular formula is C38H41BS. The summed E-state index contributed by atoms with van der Waals surface area (Å²) < 4.78 is 0. The molecule has 0 saturated heterocycles. The van der Waals surface area contributed by atoms with Crippen molar-refractivity contribution >= 4 is 56.4 Å². The average Bonchev–Trinajstić information content (AvgIpc) is 3.00. The van der Waals surface area contributed by atoms with Crippen LogP contribution in [0.3, 0.4) is 0 Å². The molecule has 0 amide bonds. The van der Waals surface area contributed by atoms with Crippen molar-refractivity contribution in [2.75, 3.05) is 6.26 Å². The fourth-order valence-corrected chi connectivity index (χ4v) is 7.36. The van der Waals surface area contributed by atoms with Crippen molar-refractivity contribution in [2.24, 2.45) is 0 Å². The van der Waals surface area contributed by atoms with Gasteiger partial charge in [0.05, 0.1) is 0 Å². The highest BCUT2D eigenvalue weighted by molar-refractivity contribution is 7.98. The minimum Gasteiger partial charge on any atom is -0.158 e. The van der Waals surface area contributed by atoms with Crippen molar-refractivity contribution < 1.29 is 0 Å². The first-order valence-electron chi connectivity index (χ1n) is 15.1. The normalized spacial score (nSPS) is 15.0. The van der Waals surface area contributed by atoms with E-state index in [0.29, 0.717) is 11.2 Å². The third kappa shape index (κ3) is 5.12. The van der Waals surface area contributed by atoms with Gasteiger partial charge in [-0.1, -0.05) is 132 Å². The van der Waals surface area contributed by atoms with Crippen LogP contribution in [0.15, 0.2) is 84.9 Å². The predicted molar refractivity (Wildman–Crippen MR) is 181 cm³/mol. The van der Waals surface area contributed by atoms with Crippen LogP contribution in [0.1, 0.15) is 78.0 Å². The highest BCUT2D eigenvalue weighted by atomic mass is 32.2. The summed E-state index contributed by atoms with van der Waals surface area (Å²) in [6, 6.07) is 33.3. The summed E-state index contributed by atoms with van der Waals surface area (Å²) in [5.74, 6) is 0.700. The van der Waals surface area contributed by atoms with E-state index >= 15 is 0 Å². The standard InChI is InChI=1S/C38H41BS/c1-25-11-17-32(18-12-25)39(33-19-13-26(2)14-20-33)38-35-22-16-31(29-9-7-6-8-10-29)24-36(35)27(3)34-21-15-30(23-37(34)38)28(4)40-5/h11-24,28-29H,6-10H2,1-5H3. The first kappa shape index (κ1) is 27.2. The van der Waals surface area contributed by atoms with Gasteiger partial charge in [0, 0.05) is 5.25 Å². The van der Waals surface area contributed by atoms with Crippen molar-refractivity contribution in [3.05, 3.63) is 113 Å². The Morgan fingerprint density at radius 2 is 1.25 bits per heavy atom. The molecule has 1 fully saturated rings. The summed E-state index contributed by atoms with van der Waals surface area (Å²) in [5, 5.41) is 6.09. The largest absolute Gasteiger partial charge is 0.242 e. The summed E-state index contributed by atoms with van der Waals surface area (Å²) >= 11 is 1.92. The zero-order chi connectivity index (χ0) is 27.8. The summed E-state index contributed by atoms with van der Waals surface area (Å²) in [6.07, 6.45) is 9.00. The summed E-state index contributed by atoms with van der Waals surface area (Å²) in [5.41, 5.74) is 11.1. The molecule has 5 aromatic carbocycles. The average molecular weight is 541 g/mol. The number of thioether (sulfide) groups is 1. The third-order valence-electron chi connectivity index (χ3n) is 9.49. The summed E-state index contributed by atoms with van der Waals surface area (Å²) in [4.78, 5) is 0. The van der Waals surface area contributed by atoms with Crippen LogP contribution in [0.4, 0.5) is 0 Å². The van der Waals surface area contributed by atoms with Crippen molar-refractivity contribution in [3.8, 4) is 0 Å². The summed E-state index contributed by atoms with van der Waals surface area (Å²) in [6.45, 7) is 9.21. The Bertz CT molecular complexity index is 1600. The minimum absolute atomic E-state index is 0.159. The van der Waals surface area contributed by atoms with Crippen LogP contribution < -0.4 is 16.4 Å². The molecule has 0 radical (unpaired) electrons. The molecule has 0 heterocycles. The molecule has 2 heteroatoms. The smallest absolute Gasteiger partial charge is 0.158 e. The third-order valence-corrected chi connectivity index (χ3v) is 10.5. The number of rotatable bonds is 6. The van der Waals surface area contributed by atoms with Crippen LogP contribution in [0.2, 0.25) is 0 Å². The van der Waals surface area contributed by atoms with Crippen LogP contribution in [-0.4, -0.2) is 13.0 Å². The van der Waals surface area contributed by atoms with E-state index in [2.05, 4.69) is 119 Å². The van der Waals surface area contributed by atoms with Crippen molar-refractivity contribution in [2.45, 2.75) is 71.0 Å². The maximum atomic E-state index is 2.56. The molecule has 202 valence electrons. The quantitative estimate of drug-likeness (QED) is 0.153. The number of benzene rings is 5. The molecule has 0 aliphatic heterocycles. The summed E-state index contributed by atoms with van der Waals surface area (Å²) in [7, 11) is 0. The highest BCUT2D eigenvalue weighted by Gasteiger charge is 2.28. The first-order chi connectivity index (χ1) is 19.4. The number of hydrogen-bond donors (Lipinski definition) is 0. The molecule has 5 aromatic rings. The van der Waals surface area contributed by atoms with E-state index in [4.69, 9.17) is 0 Å². The van der Waals surface area contributed by atoms with E-state index in [1.807, 2.05) is 11.8 Å². The molecule has 6 rings (SSSR count). The zero-order valence-electron chi connectivity index (χ0n) is 24.8. The van der Waals surface area contributed by atoms with Gasteiger partial charge in [-0.15, -0.1) is 0 Å². The Hall–Kier alpha value is -2.97. The SMILES string of the molecule is CSC(C)c1ccc2c(C)c3cc(C4CCCCC4)ccc3c(B(c3ccc(C)cc3)c3ccc(C)cc3)c2c1. The fraction of sp³-hybridized carbons (Fsp3) is 0.316.